The quantitative estimate of drug-likeness (QED) is 0.706. The van der Waals surface area contributed by atoms with Crippen molar-refractivity contribution in [2.75, 3.05) is 0 Å². The highest BCUT2D eigenvalue weighted by molar-refractivity contribution is 5.35. The van der Waals surface area contributed by atoms with Gasteiger partial charge >= 0.3 is 0 Å². The Bertz CT molecular complexity index is 634. The summed E-state index contributed by atoms with van der Waals surface area (Å²) < 4.78 is 13.0. The Balaban J connectivity index is 1.60. The maximum Gasteiger partial charge on any atom is 0.180 e. The van der Waals surface area contributed by atoms with E-state index in [0.717, 1.165) is 17.2 Å². The van der Waals surface area contributed by atoms with Crippen LogP contribution in [0.2, 0.25) is 0 Å². The van der Waals surface area contributed by atoms with Gasteiger partial charge in [-0.1, -0.05) is 18.2 Å². The number of rotatable bonds is 5. The highest BCUT2D eigenvalue weighted by atomic mass is 16.5. The SMILES string of the molecule is c1ccc(Oc2ccc(OCn3cccn3)cc2)cc1. The molecule has 1 heterocycles. The zero-order valence-electron chi connectivity index (χ0n) is 10.8. The summed E-state index contributed by atoms with van der Waals surface area (Å²) >= 11 is 0. The van der Waals surface area contributed by atoms with Crippen LogP contribution in [0.25, 0.3) is 0 Å². The molecule has 3 rings (SSSR count). The van der Waals surface area contributed by atoms with Gasteiger partial charge in [0.15, 0.2) is 6.73 Å². The molecule has 0 unspecified atom stereocenters. The van der Waals surface area contributed by atoms with Gasteiger partial charge in [0, 0.05) is 12.4 Å². The summed E-state index contributed by atoms with van der Waals surface area (Å²) in [6.07, 6.45) is 3.58. The fourth-order valence-corrected chi connectivity index (χ4v) is 1.75. The van der Waals surface area contributed by atoms with Gasteiger partial charge in [-0.05, 0) is 42.5 Å². The van der Waals surface area contributed by atoms with Crippen molar-refractivity contribution >= 4 is 0 Å². The molecule has 0 spiro atoms. The van der Waals surface area contributed by atoms with E-state index < -0.39 is 0 Å². The Morgan fingerprint density at radius 2 is 1.50 bits per heavy atom. The lowest BCUT2D eigenvalue weighted by atomic mass is 10.3. The topological polar surface area (TPSA) is 36.3 Å². The number of hydrogen-bond acceptors (Lipinski definition) is 3. The Morgan fingerprint density at radius 1 is 0.800 bits per heavy atom. The number of ether oxygens (including phenoxy) is 2. The molecule has 4 nitrogen and oxygen atoms in total. The van der Waals surface area contributed by atoms with Gasteiger partial charge in [0.25, 0.3) is 0 Å². The van der Waals surface area contributed by atoms with Crippen LogP contribution in [0, 0.1) is 0 Å². The summed E-state index contributed by atoms with van der Waals surface area (Å²) in [4.78, 5) is 0. The lowest BCUT2D eigenvalue weighted by molar-refractivity contribution is 0.221. The zero-order valence-corrected chi connectivity index (χ0v) is 10.8. The van der Waals surface area contributed by atoms with Gasteiger partial charge in [0.2, 0.25) is 0 Å². The molecule has 0 aliphatic carbocycles. The second-order valence-electron chi connectivity index (χ2n) is 4.21. The summed E-state index contributed by atoms with van der Waals surface area (Å²) in [6, 6.07) is 19.1. The second kappa shape index (κ2) is 5.93. The first kappa shape index (κ1) is 12.3. The number of nitrogens with zero attached hydrogens (tertiary/aromatic N) is 2. The van der Waals surface area contributed by atoms with Crippen molar-refractivity contribution in [3.8, 4) is 17.2 Å². The van der Waals surface area contributed by atoms with Gasteiger partial charge in [-0.3, -0.25) is 0 Å². The van der Waals surface area contributed by atoms with Gasteiger partial charge in [0.1, 0.15) is 17.2 Å². The van der Waals surface area contributed by atoms with Crippen LogP contribution in [0.15, 0.2) is 73.1 Å². The smallest absolute Gasteiger partial charge is 0.180 e. The van der Waals surface area contributed by atoms with Crippen LogP contribution < -0.4 is 9.47 Å². The second-order valence-corrected chi connectivity index (χ2v) is 4.21. The van der Waals surface area contributed by atoms with Crippen molar-refractivity contribution in [3.05, 3.63) is 73.1 Å². The van der Waals surface area contributed by atoms with E-state index in [1.54, 1.807) is 10.9 Å². The average molecular weight is 266 g/mol. The van der Waals surface area contributed by atoms with E-state index in [9.17, 15) is 0 Å². The van der Waals surface area contributed by atoms with Gasteiger partial charge in [0.05, 0.1) is 0 Å². The summed E-state index contributed by atoms with van der Waals surface area (Å²) in [7, 11) is 0. The molecule has 0 N–H and O–H groups in total. The molecular formula is C16H14N2O2. The van der Waals surface area contributed by atoms with Crippen molar-refractivity contribution < 1.29 is 9.47 Å². The van der Waals surface area contributed by atoms with Crippen LogP contribution in [-0.4, -0.2) is 9.78 Å². The molecule has 0 saturated carbocycles. The minimum Gasteiger partial charge on any atom is -0.471 e. The number of aromatic nitrogens is 2. The van der Waals surface area contributed by atoms with Crippen LogP contribution in [0.4, 0.5) is 0 Å². The molecule has 20 heavy (non-hydrogen) atoms. The first-order valence-electron chi connectivity index (χ1n) is 6.33. The molecule has 0 aliphatic rings. The Hall–Kier alpha value is -2.75. The lowest BCUT2D eigenvalue weighted by Crippen LogP contribution is -2.04. The molecule has 100 valence electrons. The third-order valence-electron chi connectivity index (χ3n) is 2.73. The van der Waals surface area contributed by atoms with E-state index in [1.807, 2.05) is 66.9 Å². The van der Waals surface area contributed by atoms with Gasteiger partial charge < -0.3 is 9.47 Å². The maximum atomic E-state index is 5.71. The van der Waals surface area contributed by atoms with E-state index in [-0.39, 0.29) is 0 Å². The van der Waals surface area contributed by atoms with Crippen molar-refractivity contribution in [2.24, 2.45) is 0 Å². The largest absolute Gasteiger partial charge is 0.471 e. The summed E-state index contributed by atoms with van der Waals surface area (Å²) in [6.45, 7) is 0.395. The number of para-hydroxylation sites is 1. The van der Waals surface area contributed by atoms with E-state index in [2.05, 4.69) is 5.10 Å². The predicted octanol–water partition coefficient (Wildman–Crippen LogP) is 3.71. The lowest BCUT2D eigenvalue weighted by Gasteiger charge is -2.08. The van der Waals surface area contributed by atoms with Crippen molar-refractivity contribution in [3.63, 3.8) is 0 Å². The van der Waals surface area contributed by atoms with Crippen molar-refractivity contribution in [1.82, 2.24) is 9.78 Å². The molecule has 0 radical (unpaired) electrons. The summed E-state index contributed by atoms with van der Waals surface area (Å²) in [5.74, 6) is 2.38. The molecule has 0 bridgehead atoms. The molecule has 0 aliphatic heterocycles. The molecule has 3 aromatic rings. The summed E-state index contributed by atoms with van der Waals surface area (Å²) in [5, 5.41) is 4.07. The standard InChI is InChI=1S/C16H14N2O2/c1-2-5-15(6-3-1)20-16-9-7-14(8-10-16)19-13-18-12-4-11-17-18/h1-12H,13H2. The van der Waals surface area contributed by atoms with Crippen LogP contribution in [0.1, 0.15) is 0 Å². The highest BCUT2D eigenvalue weighted by Gasteiger charge is 1.98. The van der Waals surface area contributed by atoms with Crippen molar-refractivity contribution in [1.29, 1.82) is 0 Å². The first-order valence-corrected chi connectivity index (χ1v) is 6.33. The normalized spacial score (nSPS) is 10.2. The summed E-state index contributed by atoms with van der Waals surface area (Å²) in [5.41, 5.74) is 0. The third kappa shape index (κ3) is 3.17. The maximum absolute atomic E-state index is 5.71. The number of hydrogen-bond donors (Lipinski definition) is 0. The zero-order chi connectivity index (χ0) is 13.6. The van der Waals surface area contributed by atoms with Crippen LogP contribution in [0.5, 0.6) is 17.2 Å². The minimum atomic E-state index is 0.395. The molecule has 2 aromatic carbocycles. The molecule has 0 saturated heterocycles. The molecule has 0 fully saturated rings. The first-order chi connectivity index (χ1) is 9.90. The van der Waals surface area contributed by atoms with E-state index >= 15 is 0 Å². The van der Waals surface area contributed by atoms with Gasteiger partial charge in [-0.15, -0.1) is 0 Å². The third-order valence-corrected chi connectivity index (χ3v) is 2.73. The molecule has 0 amide bonds. The molecule has 4 heteroatoms. The monoisotopic (exact) mass is 266 g/mol. The van der Waals surface area contributed by atoms with Gasteiger partial charge in [-0.2, -0.15) is 5.10 Å². The van der Waals surface area contributed by atoms with Crippen LogP contribution in [-0.2, 0) is 6.73 Å². The van der Waals surface area contributed by atoms with Gasteiger partial charge in [-0.25, -0.2) is 4.68 Å². The molecule has 1 aromatic heterocycles. The van der Waals surface area contributed by atoms with Crippen molar-refractivity contribution in [2.45, 2.75) is 6.73 Å². The van der Waals surface area contributed by atoms with E-state index in [4.69, 9.17) is 9.47 Å². The fraction of sp³-hybridized carbons (Fsp3) is 0.0625. The fourth-order valence-electron chi connectivity index (χ4n) is 1.75. The van der Waals surface area contributed by atoms with E-state index in [1.165, 1.54) is 0 Å². The molecule has 0 atom stereocenters. The predicted molar refractivity (Wildman–Crippen MR) is 75.8 cm³/mol. The minimum absolute atomic E-state index is 0.395. The highest BCUT2D eigenvalue weighted by Crippen LogP contribution is 2.23. The average Bonchev–Trinajstić information content (AvgIpc) is 3.01. The number of benzene rings is 2. The van der Waals surface area contributed by atoms with Crippen LogP contribution >= 0.6 is 0 Å². The van der Waals surface area contributed by atoms with E-state index in [0.29, 0.717) is 6.73 Å². The van der Waals surface area contributed by atoms with Crippen LogP contribution in [0.3, 0.4) is 0 Å². The molecular weight excluding hydrogens is 252 g/mol. The Labute approximate surface area is 117 Å². The Kier molecular flexibility index (Phi) is 3.64. The Morgan fingerprint density at radius 3 is 2.20 bits per heavy atom.